The van der Waals surface area contributed by atoms with Gasteiger partial charge in [0.05, 0.1) is 12.6 Å². The first-order chi connectivity index (χ1) is 10.2. The van der Waals surface area contributed by atoms with E-state index in [4.69, 9.17) is 0 Å². The fourth-order valence-electron chi connectivity index (χ4n) is 2.24. The Hall–Kier alpha value is -2.21. The molecule has 2 aromatic rings. The summed E-state index contributed by atoms with van der Waals surface area (Å²) in [5, 5.41) is 9.40. The summed E-state index contributed by atoms with van der Waals surface area (Å²) < 4.78 is 3.93. The van der Waals surface area contributed by atoms with Crippen molar-refractivity contribution in [1.82, 2.24) is 14.7 Å². The summed E-state index contributed by atoms with van der Waals surface area (Å²) in [5.41, 5.74) is 1.21. The zero-order chi connectivity index (χ0) is 14.7. The van der Waals surface area contributed by atoms with Crippen LogP contribution in [0.5, 0.6) is 0 Å². The minimum Gasteiger partial charge on any atom is -0.308 e. The summed E-state index contributed by atoms with van der Waals surface area (Å²) in [6, 6.07) is 12.2. The monoisotopic (exact) mass is 300 g/mol. The van der Waals surface area contributed by atoms with Crippen LogP contribution in [0.1, 0.15) is 28.6 Å². The average molecular weight is 300 g/mol. The lowest BCUT2D eigenvalue weighted by molar-refractivity contribution is 0.0980. The van der Waals surface area contributed by atoms with E-state index in [2.05, 4.69) is 33.8 Å². The highest BCUT2D eigenvalue weighted by molar-refractivity contribution is 7.08. The van der Waals surface area contributed by atoms with Crippen LogP contribution in [0.15, 0.2) is 47.7 Å². The molecule has 1 atom stereocenters. The van der Waals surface area contributed by atoms with E-state index in [1.165, 1.54) is 17.1 Å². The summed E-state index contributed by atoms with van der Waals surface area (Å²) in [6.45, 7) is 2.86. The standard InChI is InChI=1S/C15H16N4OS/c1-11-9-14(17-15(20)13-7-8-16-21-13)18-19(11)10-12-5-3-2-4-6-12/h2-8,11H,9-10H2,1H3,(H,17,18,20)/t11-/m0/s1. The average Bonchev–Trinajstić information content (AvgIpc) is 3.11. The molecule has 1 aliphatic rings. The first-order valence-corrected chi connectivity index (χ1v) is 7.60. The lowest BCUT2D eigenvalue weighted by Crippen LogP contribution is -2.29. The normalized spacial score (nSPS) is 17.7. The van der Waals surface area contributed by atoms with Gasteiger partial charge in [-0.3, -0.25) is 9.80 Å². The quantitative estimate of drug-likeness (QED) is 0.947. The molecule has 1 aromatic heterocycles. The van der Waals surface area contributed by atoms with Gasteiger partial charge in [-0.15, -0.1) is 0 Å². The molecule has 0 fully saturated rings. The van der Waals surface area contributed by atoms with Gasteiger partial charge in [-0.1, -0.05) is 30.3 Å². The van der Waals surface area contributed by atoms with Crippen molar-refractivity contribution in [2.45, 2.75) is 25.9 Å². The lowest BCUT2D eigenvalue weighted by Gasteiger charge is -2.19. The van der Waals surface area contributed by atoms with Gasteiger partial charge in [0.1, 0.15) is 10.7 Å². The third-order valence-corrected chi connectivity index (χ3v) is 4.10. The SMILES string of the molecule is C[C@H]1CC(NC(=O)c2ccns2)=NN1Cc1ccccc1. The van der Waals surface area contributed by atoms with E-state index in [9.17, 15) is 4.79 Å². The van der Waals surface area contributed by atoms with Gasteiger partial charge >= 0.3 is 0 Å². The molecule has 108 valence electrons. The number of amidine groups is 1. The zero-order valence-electron chi connectivity index (χ0n) is 11.7. The zero-order valence-corrected chi connectivity index (χ0v) is 12.5. The molecule has 0 saturated carbocycles. The molecule has 6 heteroatoms. The fourth-order valence-corrected chi connectivity index (χ4v) is 2.73. The van der Waals surface area contributed by atoms with Crippen LogP contribution in [-0.2, 0) is 6.54 Å². The van der Waals surface area contributed by atoms with Gasteiger partial charge in [0.15, 0.2) is 0 Å². The Balaban J connectivity index is 1.65. The van der Waals surface area contributed by atoms with E-state index in [0.717, 1.165) is 18.8 Å². The van der Waals surface area contributed by atoms with Crippen LogP contribution < -0.4 is 5.32 Å². The first-order valence-electron chi connectivity index (χ1n) is 6.82. The molecule has 0 bridgehead atoms. The highest BCUT2D eigenvalue weighted by Gasteiger charge is 2.24. The Kier molecular flexibility index (Phi) is 3.96. The maximum atomic E-state index is 12.0. The number of amides is 1. The Morgan fingerprint density at radius 3 is 2.90 bits per heavy atom. The summed E-state index contributed by atoms with van der Waals surface area (Å²) in [4.78, 5) is 12.6. The summed E-state index contributed by atoms with van der Waals surface area (Å²) >= 11 is 1.19. The van der Waals surface area contributed by atoms with E-state index < -0.39 is 0 Å². The summed E-state index contributed by atoms with van der Waals surface area (Å²) in [6.07, 6.45) is 2.37. The van der Waals surface area contributed by atoms with Crippen molar-refractivity contribution in [3.05, 3.63) is 53.0 Å². The molecular weight excluding hydrogens is 284 g/mol. The number of aromatic nitrogens is 1. The Bertz CT molecular complexity index is 639. The van der Waals surface area contributed by atoms with Crippen molar-refractivity contribution < 1.29 is 4.79 Å². The number of carbonyl (C=O) groups excluding carboxylic acids is 1. The van der Waals surface area contributed by atoms with E-state index in [1.807, 2.05) is 23.2 Å². The van der Waals surface area contributed by atoms with Gasteiger partial charge in [0, 0.05) is 12.6 Å². The van der Waals surface area contributed by atoms with E-state index in [-0.39, 0.29) is 11.9 Å². The number of nitrogens with zero attached hydrogens (tertiary/aromatic N) is 3. The van der Waals surface area contributed by atoms with Crippen molar-refractivity contribution >= 4 is 23.3 Å². The highest BCUT2D eigenvalue weighted by atomic mass is 32.1. The molecule has 5 nitrogen and oxygen atoms in total. The van der Waals surface area contributed by atoms with Gasteiger partial charge in [-0.25, -0.2) is 4.37 Å². The fraction of sp³-hybridized carbons (Fsp3) is 0.267. The second-order valence-electron chi connectivity index (χ2n) is 5.01. The molecule has 0 spiro atoms. The molecule has 1 N–H and O–H groups in total. The lowest BCUT2D eigenvalue weighted by atomic mass is 10.2. The van der Waals surface area contributed by atoms with Crippen molar-refractivity contribution in [2.24, 2.45) is 5.10 Å². The van der Waals surface area contributed by atoms with Crippen molar-refractivity contribution in [3.8, 4) is 0 Å². The minimum atomic E-state index is -0.134. The van der Waals surface area contributed by atoms with Crippen molar-refractivity contribution in [1.29, 1.82) is 0 Å². The summed E-state index contributed by atoms with van der Waals surface area (Å²) in [7, 11) is 0. The van der Waals surface area contributed by atoms with Gasteiger partial charge in [-0.05, 0) is 30.1 Å². The molecule has 0 unspecified atom stereocenters. The highest BCUT2D eigenvalue weighted by Crippen LogP contribution is 2.17. The van der Waals surface area contributed by atoms with Crippen LogP contribution in [0.3, 0.4) is 0 Å². The third-order valence-electron chi connectivity index (χ3n) is 3.35. The molecular formula is C15H16N4OS. The molecule has 2 heterocycles. The topological polar surface area (TPSA) is 57.6 Å². The Morgan fingerprint density at radius 2 is 2.19 bits per heavy atom. The third kappa shape index (κ3) is 3.28. The maximum absolute atomic E-state index is 12.0. The van der Waals surface area contributed by atoms with Gasteiger partial charge in [0.25, 0.3) is 5.91 Å². The molecule has 0 aliphatic carbocycles. The maximum Gasteiger partial charge on any atom is 0.268 e. The number of hydrogen-bond acceptors (Lipinski definition) is 5. The van der Waals surface area contributed by atoms with E-state index in [1.54, 1.807) is 12.3 Å². The second kappa shape index (κ2) is 6.05. The smallest absolute Gasteiger partial charge is 0.268 e. The van der Waals surface area contributed by atoms with Crippen molar-refractivity contribution in [3.63, 3.8) is 0 Å². The second-order valence-corrected chi connectivity index (χ2v) is 5.85. The minimum absolute atomic E-state index is 0.134. The van der Waals surface area contributed by atoms with Crippen LogP contribution in [0.2, 0.25) is 0 Å². The molecule has 1 aliphatic heterocycles. The number of hydrogen-bond donors (Lipinski definition) is 1. The predicted octanol–water partition coefficient (Wildman–Crippen LogP) is 2.48. The van der Waals surface area contributed by atoms with Crippen molar-refractivity contribution in [2.75, 3.05) is 0 Å². The van der Waals surface area contributed by atoms with Crippen LogP contribution in [0, 0.1) is 0 Å². The number of nitrogens with one attached hydrogen (secondary N) is 1. The molecule has 0 radical (unpaired) electrons. The largest absolute Gasteiger partial charge is 0.308 e. The number of benzene rings is 1. The first kappa shape index (κ1) is 13.8. The molecule has 3 rings (SSSR count). The van der Waals surface area contributed by atoms with Crippen LogP contribution in [0.4, 0.5) is 0 Å². The van der Waals surface area contributed by atoms with E-state index >= 15 is 0 Å². The molecule has 0 saturated heterocycles. The molecule has 21 heavy (non-hydrogen) atoms. The van der Waals surface area contributed by atoms with E-state index in [0.29, 0.717) is 4.88 Å². The number of rotatable bonds is 3. The molecule has 1 aromatic carbocycles. The molecule has 1 amide bonds. The Morgan fingerprint density at radius 1 is 1.38 bits per heavy atom. The van der Waals surface area contributed by atoms with Gasteiger partial charge < -0.3 is 5.32 Å². The number of carbonyl (C=O) groups is 1. The predicted molar refractivity (Wildman–Crippen MR) is 83.1 cm³/mol. The van der Waals surface area contributed by atoms with Crippen LogP contribution in [0.25, 0.3) is 0 Å². The van der Waals surface area contributed by atoms with Crippen LogP contribution >= 0.6 is 11.5 Å². The van der Waals surface area contributed by atoms with Gasteiger partial charge in [-0.2, -0.15) is 5.10 Å². The van der Waals surface area contributed by atoms with Crippen LogP contribution in [-0.4, -0.2) is 27.2 Å². The summed E-state index contributed by atoms with van der Waals surface area (Å²) in [5.74, 6) is 0.585. The van der Waals surface area contributed by atoms with Gasteiger partial charge in [0.2, 0.25) is 0 Å². The Labute approximate surface area is 127 Å². The number of hydrazone groups is 1.